The van der Waals surface area contributed by atoms with Crippen LogP contribution >= 0.6 is 0 Å². The molecule has 1 atom stereocenters. The normalized spacial score (nSPS) is 11.8. The molecule has 1 amide bonds. The van der Waals surface area contributed by atoms with Crippen LogP contribution in [0, 0.1) is 0 Å². The van der Waals surface area contributed by atoms with Gasteiger partial charge in [-0.05, 0) is 55.0 Å². The Morgan fingerprint density at radius 1 is 1.19 bits per heavy atom. The summed E-state index contributed by atoms with van der Waals surface area (Å²) in [6.45, 7) is 1.46. The molecule has 0 aromatic heterocycles. The Balaban J connectivity index is 1.94. The van der Waals surface area contributed by atoms with Crippen LogP contribution in [0.3, 0.4) is 0 Å². The zero-order chi connectivity index (χ0) is 19.1. The minimum absolute atomic E-state index is 0.305. The van der Waals surface area contributed by atoms with Gasteiger partial charge in [-0.2, -0.15) is 5.10 Å². The second-order valence-electron chi connectivity index (χ2n) is 5.81. The molecule has 2 aromatic rings. The molecule has 0 spiro atoms. The van der Waals surface area contributed by atoms with Crippen molar-refractivity contribution in [3.05, 3.63) is 59.7 Å². The van der Waals surface area contributed by atoms with E-state index in [1.807, 2.05) is 31.1 Å². The molecule has 0 radical (unpaired) electrons. The second kappa shape index (κ2) is 8.66. The number of nitrogens with zero attached hydrogens (tertiary/aromatic N) is 2. The third-order valence-corrected chi connectivity index (χ3v) is 3.55. The largest absolute Gasteiger partial charge is 0.479 e. The number of carboxylic acids is 1. The molecule has 2 N–H and O–H groups in total. The number of carbonyl (C=O) groups excluding carboxylic acids is 1. The number of anilines is 1. The van der Waals surface area contributed by atoms with E-state index in [4.69, 9.17) is 9.84 Å². The molecule has 26 heavy (non-hydrogen) atoms. The maximum atomic E-state index is 12.1. The van der Waals surface area contributed by atoms with Crippen molar-refractivity contribution in [2.75, 3.05) is 19.0 Å². The second-order valence-corrected chi connectivity index (χ2v) is 5.81. The number of ether oxygens (including phenoxy) is 1. The highest BCUT2D eigenvalue weighted by Gasteiger charge is 2.11. The maximum absolute atomic E-state index is 12.1. The van der Waals surface area contributed by atoms with E-state index >= 15 is 0 Å². The average Bonchev–Trinajstić information content (AvgIpc) is 2.63. The minimum atomic E-state index is -1.03. The molecule has 0 heterocycles. The number of hydrazone groups is 1. The predicted molar refractivity (Wildman–Crippen MR) is 100.0 cm³/mol. The summed E-state index contributed by atoms with van der Waals surface area (Å²) in [5.41, 5.74) is 4.65. The van der Waals surface area contributed by atoms with Gasteiger partial charge in [0.2, 0.25) is 0 Å². The number of amides is 1. The minimum Gasteiger partial charge on any atom is -0.479 e. The number of hydrogen-bond donors (Lipinski definition) is 2. The average molecular weight is 355 g/mol. The molecule has 2 rings (SSSR count). The molecule has 0 fully saturated rings. The van der Waals surface area contributed by atoms with Crippen molar-refractivity contribution in [2.45, 2.75) is 13.0 Å². The van der Waals surface area contributed by atoms with Crippen molar-refractivity contribution in [2.24, 2.45) is 5.10 Å². The third kappa shape index (κ3) is 5.34. The van der Waals surface area contributed by atoms with Gasteiger partial charge in [-0.1, -0.05) is 6.07 Å². The van der Waals surface area contributed by atoms with Crippen LogP contribution in [-0.4, -0.2) is 43.4 Å². The first-order valence-corrected chi connectivity index (χ1v) is 7.97. The molecule has 2 aromatic carbocycles. The van der Waals surface area contributed by atoms with Crippen molar-refractivity contribution in [1.82, 2.24) is 5.43 Å². The fraction of sp³-hybridized carbons (Fsp3) is 0.211. The van der Waals surface area contributed by atoms with Gasteiger partial charge in [0.15, 0.2) is 6.10 Å². The molecule has 0 saturated heterocycles. The summed E-state index contributed by atoms with van der Waals surface area (Å²) in [7, 11) is 3.81. The van der Waals surface area contributed by atoms with E-state index in [1.54, 1.807) is 36.4 Å². The smallest absolute Gasteiger partial charge is 0.344 e. The first-order valence-electron chi connectivity index (χ1n) is 7.97. The van der Waals surface area contributed by atoms with Crippen molar-refractivity contribution in [1.29, 1.82) is 0 Å². The Labute approximate surface area is 151 Å². The van der Waals surface area contributed by atoms with E-state index in [0.29, 0.717) is 11.3 Å². The van der Waals surface area contributed by atoms with Crippen LogP contribution in [0.15, 0.2) is 53.6 Å². The van der Waals surface area contributed by atoms with E-state index < -0.39 is 12.1 Å². The SMILES string of the molecule is CC(Oc1ccc(/C=N\NC(=O)c2cccc(N(C)C)c2)cc1)C(=O)O. The molecule has 136 valence electrons. The first kappa shape index (κ1) is 19.0. The quantitative estimate of drug-likeness (QED) is 0.588. The zero-order valence-electron chi connectivity index (χ0n) is 14.8. The molecule has 0 aliphatic carbocycles. The number of rotatable bonds is 7. The standard InChI is InChI=1S/C19H21N3O4/c1-13(19(24)25)26-17-9-7-14(8-10-17)12-20-21-18(23)15-5-4-6-16(11-15)22(2)3/h4-13H,1-3H3,(H,21,23)(H,24,25)/b20-12-. The summed E-state index contributed by atoms with van der Waals surface area (Å²) in [6.07, 6.45) is 0.574. The fourth-order valence-corrected chi connectivity index (χ4v) is 2.04. The Hall–Kier alpha value is -3.35. The van der Waals surface area contributed by atoms with Crippen LogP contribution in [0.25, 0.3) is 0 Å². The summed E-state index contributed by atoms with van der Waals surface area (Å²) in [4.78, 5) is 24.8. The van der Waals surface area contributed by atoms with Crippen molar-refractivity contribution in [3.8, 4) is 5.75 Å². The van der Waals surface area contributed by atoms with Gasteiger partial charge in [0, 0.05) is 25.3 Å². The van der Waals surface area contributed by atoms with E-state index in [2.05, 4.69) is 10.5 Å². The third-order valence-electron chi connectivity index (χ3n) is 3.55. The van der Waals surface area contributed by atoms with Crippen LogP contribution < -0.4 is 15.1 Å². The number of carbonyl (C=O) groups is 2. The summed E-state index contributed by atoms with van der Waals surface area (Å²) in [6, 6.07) is 13.9. The number of nitrogens with one attached hydrogen (secondary N) is 1. The summed E-state index contributed by atoms with van der Waals surface area (Å²) in [5.74, 6) is -0.890. The van der Waals surface area contributed by atoms with Crippen LogP contribution in [0.4, 0.5) is 5.69 Å². The monoisotopic (exact) mass is 355 g/mol. The van der Waals surface area contributed by atoms with Gasteiger partial charge in [-0.15, -0.1) is 0 Å². The predicted octanol–water partition coefficient (Wildman–Crippen LogP) is 2.37. The fourth-order valence-electron chi connectivity index (χ4n) is 2.04. The zero-order valence-corrected chi connectivity index (χ0v) is 14.8. The highest BCUT2D eigenvalue weighted by molar-refractivity contribution is 5.95. The molecule has 0 aliphatic rings. The van der Waals surface area contributed by atoms with Crippen LogP contribution in [-0.2, 0) is 4.79 Å². The number of carboxylic acid groups (broad SMARTS) is 1. The number of aliphatic carboxylic acids is 1. The van der Waals surface area contributed by atoms with Crippen molar-refractivity contribution in [3.63, 3.8) is 0 Å². The van der Waals surface area contributed by atoms with Gasteiger partial charge >= 0.3 is 5.97 Å². The molecule has 7 heteroatoms. The lowest BCUT2D eigenvalue weighted by Gasteiger charge is -2.12. The van der Waals surface area contributed by atoms with Crippen molar-refractivity contribution < 1.29 is 19.4 Å². The van der Waals surface area contributed by atoms with Gasteiger partial charge in [0.25, 0.3) is 5.91 Å². The molecule has 0 saturated carbocycles. The number of hydrogen-bond acceptors (Lipinski definition) is 5. The van der Waals surface area contributed by atoms with E-state index in [0.717, 1.165) is 11.3 Å². The summed E-state index contributed by atoms with van der Waals surface area (Å²) < 4.78 is 5.24. The van der Waals surface area contributed by atoms with E-state index in [-0.39, 0.29) is 5.91 Å². The van der Waals surface area contributed by atoms with E-state index in [9.17, 15) is 9.59 Å². The molecule has 1 unspecified atom stereocenters. The van der Waals surface area contributed by atoms with Gasteiger partial charge in [0.1, 0.15) is 5.75 Å². The van der Waals surface area contributed by atoms with Crippen LogP contribution in [0.5, 0.6) is 5.75 Å². The number of benzene rings is 2. The summed E-state index contributed by atoms with van der Waals surface area (Å²) in [5, 5.41) is 12.8. The van der Waals surface area contributed by atoms with Crippen LogP contribution in [0.2, 0.25) is 0 Å². The summed E-state index contributed by atoms with van der Waals surface area (Å²) >= 11 is 0. The molecule has 0 aliphatic heterocycles. The van der Waals surface area contributed by atoms with Gasteiger partial charge in [-0.25, -0.2) is 10.2 Å². The van der Waals surface area contributed by atoms with Crippen molar-refractivity contribution >= 4 is 23.8 Å². The Morgan fingerprint density at radius 3 is 2.50 bits per heavy atom. The topological polar surface area (TPSA) is 91.2 Å². The lowest BCUT2D eigenvalue weighted by atomic mass is 10.2. The Kier molecular flexibility index (Phi) is 6.32. The molecular formula is C19H21N3O4. The molecular weight excluding hydrogens is 334 g/mol. The molecule has 0 bridgehead atoms. The van der Waals surface area contributed by atoms with Gasteiger partial charge in [-0.3, -0.25) is 4.79 Å². The van der Waals surface area contributed by atoms with Gasteiger partial charge in [0.05, 0.1) is 6.21 Å². The van der Waals surface area contributed by atoms with Gasteiger partial charge < -0.3 is 14.7 Å². The highest BCUT2D eigenvalue weighted by Crippen LogP contribution is 2.14. The Bertz CT molecular complexity index is 801. The maximum Gasteiger partial charge on any atom is 0.344 e. The van der Waals surface area contributed by atoms with Crippen LogP contribution in [0.1, 0.15) is 22.8 Å². The molecule has 7 nitrogen and oxygen atoms in total. The first-order chi connectivity index (χ1) is 12.4. The highest BCUT2D eigenvalue weighted by atomic mass is 16.5. The van der Waals surface area contributed by atoms with E-state index in [1.165, 1.54) is 13.1 Å². The lowest BCUT2D eigenvalue weighted by molar-refractivity contribution is -0.144. The lowest BCUT2D eigenvalue weighted by Crippen LogP contribution is -2.22. The Morgan fingerprint density at radius 2 is 1.88 bits per heavy atom.